The summed E-state index contributed by atoms with van der Waals surface area (Å²) < 4.78 is 0. The van der Waals surface area contributed by atoms with Crippen molar-refractivity contribution in [2.75, 3.05) is 6.54 Å². The molecule has 1 fully saturated rings. The lowest BCUT2D eigenvalue weighted by Crippen LogP contribution is -2.35. The standard InChI is InChI=1S/C13H16NO/c15-13(11-7-3-1-4-8-11)12-9-5-2-6-10-14-12/h3-4,7-8,12,14H,2,5-6,9-10H2. The summed E-state index contributed by atoms with van der Waals surface area (Å²) in [6.45, 7) is 0.968. The molecule has 1 aliphatic heterocycles. The molecule has 1 unspecified atom stereocenters. The average molecular weight is 202 g/mol. The monoisotopic (exact) mass is 202 g/mol. The number of rotatable bonds is 2. The quantitative estimate of drug-likeness (QED) is 0.745. The summed E-state index contributed by atoms with van der Waals surface area (Å²) in [6.07, 6.45) is 4.55. The third-order valence-electron chi connectivity index (χ3n) is 2.88. The molecule has 0 saturated carbocycles. The van der Waals surface area contributed by atoms with E-state index in [-0.39, 0.29) is 11.8 Å². The van der Waals surface area contributed by atoms with E-state index in [9.17, 15) is 4.79 Å². The maximum atomic E-state index is 12.1. The number of hydrogen-bond donors (Lipinski definition) is 1. The topological polar surface area (TPSA) is 29.1 Å². The fraction of sp³-hybridized carbons (Fsp3) is 0.462. The molecule has 1 aromatic rings. The van der Waals surface area contributed by atoms with Crippen molar-refractivity contribution in [1.29, 1.82) is 0 Å². The first-order valence-corrected chi connectivity index (χ1v) is 5.61. The molecule has 2 nitrogen and oxygen atoms in total. The van der Waals surface area contributed by atoms with Crippen LogP contribution in [-0.2, 0) is 0 Å². The van der Waals surface area contributed by atoms with Gasteiger partial charge in [0.05, 0.1) is 6.04 Å². The van der Waals surface area contributed by atoms with Crippen LogP contribution in [-0.4, -0.2) is 18.4 Å². The van der Waals surface area contributed by atoms with Crippen LogP contribution in [0.15, 0.2) is 24.3 Å². The second kappa shape index (κ2) is 5.08. The van der Waals surface area contributed by atoms with E-state index < -0.39 is 0 Å². The summed E-state index contributed by atoms with van der Waals surface area (Å²) in [4.78, 5) is 12.1. The molecule has 79 valence electrons. The molecule has 0 spiro atoms. The highest BCUT2D eigenvalue weighted by Crippen LogP contribution is 2.13. The maximum Gasteiger partial charge on any atom is 0.179 e. The van der Waals surface area contributed by atoms with Crippen molar-refractivity contribution in [2.24, 2.45) is 0 Å². The molecule has 1 atom stereocenters. The number of carbonyl (C=O) groups is 1. The Balaban J connectivity index is 2.06. The molecule has 1 aliphatic rings. The zero-order valence-corrected chi connectivity index (χ0v) is 8.83. The van der Waals surface area contributed by atoms with Gasteiger partial charge in [-0.25, -0.2) is 0 Å². The van der Waals surface area contributed by atoms with Gasteiger partial charge < -0.3 is 5.32 Å². The molecular weight excluding hydrogens is 186 g/mol. The maximum absolute atomic E-state index is 12.1. The highest BCUT2D eigenvalue weighted by molar-refractivity contribution is 6.00. The minimum absolute atomic E-state index is 0.0231. The van der Waals surface area contributed by atoms with Crippen LogP contribution in [0, 0.1) is 6.07 Å². The van der Waals surface area contributed by atoms with E-state index in [1.165, 1.54) is 12.8 Å². The predicted molar refractivity (Wildman–Crippen MR) is 59.9 cm³/mol. The van der Waals surface area contributed by atoms with Gasteiger partial charge in [0.1, 0.15) is 0 Å². The van der Waals surface area contributed by atoms with Gasteiger partial charge in [0, 0.05) is 5.56 Å². The predicted octanol–water partition coefficient (Wildman–Crippen LogP) is 2.20. The Bertz CT molecular complexity index is 313. The lowest BCUT2D eigenvalue weighted by Gasteiger charge is -2.14. The minimum atomic E-state index is 0.0231. The molecule has 15 heavy (non-hydrogen) atoms. The van der Waals surface area contributed by atoms with Gasteiger partial charge in [0.25, 0.3) is 0 Å². The summed E-state index contributed by atoms with van der Waals surface area (Å²) in [5.74, 6) is 0.228. The van der Waals surface area contributed by atoms with Crippen molar-refractivity contribution in [1.82, 2.24) is 5.32 Å². The number of hydrogen-bond acceptors (Lipinski definition) is 2. The van der Waals surface area contributed by atoms with E-state index in [0.717, 1.165) is 24.9 Å². The van der Waals surface area contributed by atoms with Crippen LogP contribution < -0.4 is 5.32 Å². The second-order valence-electron chi connectivity index (χ2n) is 4.01. The van der Waals surface area contributed by atoms with Gasteiger partial charge in [0.15, 0.2) is 5.78 Å². The molecule has 1 N–H and O–H groups in total. The number of nitrogens with one attached hydrogen (secondary N) is 1. The molecule has 0 aliphatic carbocycles. The first-order valence-electron chi connectivity index (χ1n) is 5.61. The Morgan fingerprint density at radius 1 is 1.27 bits per heavy atom. The van der Waals surface area contributed by atoms with Gasteiger partial charge in [-0.1, -0.05) is 37.1 Å². The van der Waals surface area contributed by atoms with Gasteiger partial charge in [-0.05, 0) is 25.5 Å². The summed E-state index contributed by atoms with van der Waals surface area (Å²) in [5.41, 5.74) is 0.799. The third kappa shape index (κ3) is 2.66. The highest BCUT2D eigenvalue weighted by atomic mass is 16.1. The summed E-state index contributed by atoms with van der Waals surface area (Å²) in [5, 5.41) is 3.32. The Morgan fingerprint density at radius 3 is 2.87 bits per heavy atom. The first-order chi connectivity index (χ1) is 7.38. The molecule has 1 saturated heterocycles. The summed E-state index contributed by atoms with van der Waals surface area (Å²) in [7, 11) is 0. The van der Waals surface area contributed by atoms with Gasteiger partial charge >= 0.3 is 0 Å². The Kier molecular flexibility index (Phi) is 3.51. The zero-order valence-electron chi connectivity index (χ0n) is 8.83. The fourth-order valence-corrected chi connectivity index (χ4v) is 2.00. The van der Waals surface area contributed by atoms with Crippen LogP contribution in [0.1, 0.15) is 36.0 Å². The lowest BCUT2D eigenvalue weighted by atomic mass is 10.0. The second-order valence-corrected chi connectivity index (χ2v) is 4.01. The molecule has 1 heterocycles. The van der Waals surface area contributed by atoms with Gasteiger partial charge in [0.2, 0.25) is 0 Å². The van der Waals surface area contributed by atoms with Gasteiger partial charge in [-0.2, -0.15) is 0 Å². The number of Topliss-reactive ketones (excluding diaryl/α,β-unsaturated/α-hetero) is 1. The Labute approximate surface area is 90.7 Å². The molecule has 1 radical (unpaired) electrons. The molecule has 0 bridgehead atoms. The minimum Gasteiger partial charge on any atom is -0.307 e. The van der Waals surface area contributed by atoms with Crippen LogP contribution in [0.2, 0.25) is 0 Å². The lowest BCUT2D eigenvalue weighted by molar-refractivity contribution is 0.0940. The largest absolute Gasteiger partial charge is 0.307 e. The molecule has 1 aromatic carbocycles. The fourth-order valence-electron chi connectivity index (χ4n) is 2.00. The van der Waals surface area contributed by atoms with Crippen molar-refractivity contribution >= 4 is 5.78 Å². The van der Waals surface area contributed by atoms with Crippen molar-refractivity contribution < 1.29 is 4.79 Å². The van der Waals surface area contributed by atoms with Crippen LogP contribution in [0.5, 0.6) is 0 Å². The molecular formula is C13H16NO. The van der Waals surface area contributed by atoms with Crippen molar-refractivity contribution in [3.8, 4) is 0 Å². The third-order valence-corrected chi connectivity index (χ3v) is 2.88. The van der Waals surface area contributed by atoms with Crippen molar-refractivity contribution in [3.63, 3.8) is 0 Å². The van der Waals surface area contributed by atoms with Crippen molar-refractivity contribution in [3.05, 3.63) is 35.9 Å². The van der Waals surface area contributed by atoms with Crippen LogP contribution in [0.3, 0.4) is 0 Å². The van der Waals surface area contributed by atoms with E-state index in [0.29, 0.717) is 0 Å². The Hall–Kier alpha value is -1.15. The number of benzene rings is 1. The van der Waals surface area contributed by atoms with E-state index in [1.807, 2.05) is 12.1 Å². The molecule has 2 heteroatoms. The van der Waals surface area contributed by atoms with Gasteiger partial charge in [-0.3, -0.25) is 4.79 Å². The van der Waals surface area contributed by atoms with E-state index in [4.69, 9.17) is 0 Å². The van der Waals surface area contributed by atoms with Crippen LogP contribution >= 0.6 is 0 Å². The van der Waals surface area contributed by atoms with Gasteiger partial charge in [-0.15, -0.1) is 0 Å². The molecule has 0 aromatic heterocycles. The Morgan fingerprint density at radius 2 is 2.07 bits per heavy atom. The van der Waals surface area contributed by atoms with E-state index >= 15 is 0 Å². The SMILES string of the molecule is O=C(c1cc[c]cc1)C1CCCCCN1. The average Bonchev–Trinajstić information content (AvgIpc) is 2.58. The molecule has 2 rings (SSSR count). The summed E-state index contributed by atoms with van der Waals surface area (Å²) >= 11 is 0. The smallest absolute Gasteiger partial charge is 0.179 e. The van der Waals surface area contributed by atoms with E-state index in [2.05, 4.69) is 11.4 Å². The van der Waals surface area contributed by atoms with Crippen LogP contribution in [0.25, 0.3) is 0 Å². The summed E-state index contributed by atoms with van der Waals surface area (Å²) in [6, 6.07) is 10.2. The number of ketones is 1. The first kappa shape index (κ1) is 10.4. The van der Waals surface area contributed by atoms with Crippen LogP contribution in [0.4, 0.5) is 0 Å². The zero-order chi connectivity index (χ0) is 10.5. The number of carbonyl (C=O) groups excluding carboxylic acids is 1. The molecule has 0 amide bonds. The van der Waals surface area contributed by atoms with Crippen molar-refractivity contribution in [2.45, 2.75) is 31.7 Å². The highest BCUT2D eigenvalue weighted by Gasteiger charge is 2.20. The van der Waals surface area contributed by atoms with E-state index in [1.54, 1.807) is 12.1 Å². The normalized spacial score (nSPS) is 22.0.